The van der Waals surface area contributed by atoms with Gasteiger partial charge in [-0.3, -0.25) is 24.1 Å². The van der Waals surface area contributed by atoms with Crippen molar-refractivity contribution in [3.63, 3.8) is 0 Å². The number of benzene rings is 1. The van der Waals surface area contributed by atoms with Gasteiger partial charge in [0.05, 0.1) is 11.4 Å². The van der Waals surface area contributed by atoms with Crippen LogP contribution in [0.15, 0.2) is 18.2 Å². The first-order chi connectivity index (χ1) is 14.5. The van der Waals surface area contributed by atoms with Gasteiger partial charge in [0.2, 0.25) is 17.7 Å². The van der Waals surface area contributed by atoms with Crippen LogP contribution in [0.2, 0.25) is 0 Å². The van der Waals surface area contributed by atoms with Gasteiger partial charge >= 0.3 is 0 Å². The second kappa shape index (κ2) is 8.45. The van der Waals surface area contributed by atoms with Crippen LogP contribution < -0.4 is 15.1 Å². The number of carbonyl (C=O) groups is 4. The minimum Gasteiger partial charge on any atom is -0.352 e. The summed E-state index contributed by atoms with van der Waals surface area (Å²) in [6, 6.07) is 4.77. The maximum atomic E-state index is 12.9. The Morgan fingerprint density at radius 2 is 1.93 bits per heavy atom. The molecule has 8 nitrogen and oxygen atoms in total. The van der Waals surface area contributed by atoms with Crippen LogP contribution in [0, 0.1) is 0 Å². The predicted molar refractivity (Wildman–Crippen MR) is 112 cm³/mol. The lowest BCUT2D eigenvalue weighted by Gasteiger charge is -2.38. The Morgan fingerprint density at radius 1 is 1.10 bits per heavy atom. The van der Waals surface area contributed by atoms with E-state index < -0.39 is 6.04 Å². The molecule has 0 aromatic heterocycles. The highest BCUT2D eigenvalue weighted by Crippen LogP contribution is 2.41. The van der Waals surface area contributed by atoms with E-state index in [1.807, 2.05) is 11.8 Å². The zero-order valence-corrected chi connectivity index (χ0v) is 17.4. The highest BCUT2D eigenvalue weighted by molar-refractivity contribution is 6.15. The molecule has 2 saturated heterocycles. The van der Waals surface area contributed by atoms with Crippen molar-refractivity contribution in [1.29, 1.82) is 0 Å². The summed E-state index contributed by atoms with van der Waals surface area (Å²) in [7, 11) is 0. The lowest BCUT2D eigenvalue weighted by molar-refractivity contribution is -0.127. The first-order valence-corrected chi connectivity index (χ1v) is 10.8. The van der Waals surface area contributed by atoms with Crippen molar-refractivity contribution >= 4 is 35.0 Å². The Labute approximate surface area is 176 Å². The fourth-order valence-corrected chi connectivity index (χ4v) is 4.57. The van der Waals surface area contributed by atoms with Crippen LogP contribution in [0.25, 0.3) is 0 Å². The summed E-state index contributed by atoms with van der Waals surface area (Å²) >= 11 is 0. The van der Waals surface area contributed by atoms with Crippen molar-refractivity contribution < 1.29 is 19.2 Å². The Hall–Kier alpha value is -2.90. The van der Waals surface area contributed by atoms with E-state index in [4.69, 9.17) is 0 Å². The molecule has 4 rings (SSSR count). The molecule has 0 spiro atoms. The third kappa shape index (κ3) is 3.66. The summed E-state index contributed by atoms with van der Waals surface area (Å²) in [5.74, 6) is -0.141. The van der Waals surface area contributed by atoms with E-state index in [-0.39, 0.29) is 23.6 Å². The van der Waals surface area contributed by atoms with E-state index in [0.29, 0.717) is 62.3 Å². The van der Waals surface area contributed by atoms with Crippen molar-refractivity contribution in [2.24, 2.45) is 0 Å². The lowest BCUT2D eigenvalue weighted by Crippen LogP contribution is -2.52. The minimum atomic E-state index is -0.426. The average molecular weight is 412 g/mol. The standard InChI is InChI=1S/C22H28N4O4/c1-2-11-25-18-14-15(21(29)23-10-4-13-24-12-3-5-19(24)27)6-7-16(18)26-17(22(25)30)8-9-20(26)28/h6-7,14,17H,2-5,8-13H2,1H3,(H,23,29)/t17-/m0/s1. The SMILES string of the molecule is CCCN1C(=O)[C@@H]2CCC(=O)N2c2ccc(C(=O)NCCCN3CCCC3=O)cc21. The molecule has 3 heterocycles. The zero-order valence-electron chi connectivity index (χ0n) is 17.4. The molecule has 2 fully saturated rings. The fraction of sp³-hybridized carbons (Fsp3) is 0.545. The third-order valence-corrected chi connectivity index (χ3v) is 6.06. The molecule has 160 valence electrons. The molecule has 3 aliphatic heterocycles. The number of rotatable bonds is 7. The number of nitrogens with one attached hydrogen (secondary N) is 1. The normalized spacial score (nSPS) is 20.6. The van der Waals surface area contributed by atoms with Gasteiger partial charge in [0.1, 0.15) is 6.04 Å². The molecular weight excluding hydrogens is 384 g/mol. The van der Waals surface area contributed by atoms with Crippen molar-refractivity contribution in [2.75, 3.05) is 36.0 Å². The number of likely N-dealkylation sites (tertiary alicyclic amines) is 1. The number of fused-ring (bicyclic) bond motifs is 3. The summed E-state index contributed by atoms with van der Waals surface area (Å²) in [6.45, 7) is 4.49. The summed E-state index contributed by atoms with van der Waals surface area (Å²) < 4.78 is 0. The Balaban J connectivity index is 1.46. The van der Waals surface area contributed by atoms with Crippen LogP contribution in [-0.4, -0.2) is 60.7 Å². The van der Waals surface area contributed by atoms with Gasteiger partial charge in [-0.15, -0.1) is 0 Å². The molecule has 1 N–H and O–H groups in total. The first-order valence-electron chi connectivity index (χ1n) is 10.8. The van der Waals surface area contributed by atoms with E-state index in [1.165, 1.54) is 0 Å². The molecule has 0 aliphatic carbocycles. The van der Waals surface area contributed by atoms with Gasteiger partial charge < -0.3 is 15.1 Å². The van der Waals surface area contributed by atoms with Gasteiger partial charge in [0.15, 0.2) is 0 Å². The van der Waals surface area contributed by atoms with Crippen LogP contribution in [0.1, 0.15) is 55.8 Å². The van der Waals surface area contributed by atoms with E-state index in [1.54, 1.807) is 28.0 Å². The summed E-state index contributed by atoms with van der Waals surface area (Å²) in [5.41, 5.74) is 1.80. The van der Waals surface area contributed by atoms with Gasteiger partial charge in [-0.25, -0.2) is 0 Å². The highest BCUT2D eigenvalue weighted by atomic mass is 16.2. The van der Waals surface area contributed by atoms with Crippen LogP contribution in [0.4, 0.5) is 11.4 Å². The van der Waals surface area contributed by atoms with Crippen molar-refractivity contribution in [2.45, 2.75) is 51.5 Å². The maximum absolute atomic E-state index is 12.9. The van der Waals surface area contributed by atoms with Crippen molar-refractivity contribution in [3.05, 3.63) is 23.8 Å². The fourth-order valence-electron chi connectivity index (χ4n) is 4.57. The first kappa shape index (κ1) is 20.4. The van der Waals surface area contributed by atoms with E-state index in [2.05, 4.69) is 5.32 Å². The van der Waals surface area contributed by atoms with Crippen LogP contribution in [-0.2, 0) is 14.4 Å². The molecule has 0 unspecified atom stereocenters. The Kier molecular flexibility index (Phi) is 5.74. The molecule has 1 aromatic carbocycles. The van der Waals surface area contributed by atoms with Gasteiger partial charge in [0.25, 0.3) is 5.91 Å². The third-order valence-electron chi connectivity index (χ3n) is 6.06. The molecule has 1 atom stereocenters. The summed E-state index contributed by atoms with van der Waals surface area (Å²) in [5, 5.41) is 2.90. The van der Waals surface area contributed by atoms with E-state index in [9.17, 15) is 19.2 Å². The van der Waals surface area contributed by atoms with Crippen molar-refractivity contribution in [1.82, 2.24) is 10.2 Å². The monoisotopic (exact) mass is 412 g/mol. The van der Waals surface area contributed by atoms with Crippen LogP contribution >= 0.6 is 0 Å². The smallest absolute Gasteiger partial charge is 0.251 e. The average Bonchev–Trinajstić information content (AvgIpc) is 3.33. The number of amides is 4. The number of anilines is 2. The largest absolute Gasteiger partial charge is 0.352 e. The summed E-state index contributed by atoms with van der Waals surface area (Å²) in [6.07, 6.45) is 3.93. The molecule has 0 saturated carbocycles. The zero-order chi connectivity index (χ0) is 21.3. The second-order valence-corrected chi connectivity index (χ2v) is 8.11. The summed E-state index contributed by atoms with van der Waals surface area (Å²) in [4.78, 5) is 54.8. The van der Waals surface area contributed by atoms with Gasteiger partial charge in [-0.2, -0.15) is 0 Å². The number of hydrogen-bond donors (Lipinski definition) is 1. The molecule has 0 bridgehead atoms. The Bertz CT molecular complexity index is 884. The Morgan fingerprint density at radius 3 is 2.67 bits per heavy atom. The number of carbonyl (C=O) groups excluding carboxylic acids is 4. The number of nitrogens with zero attached hydrogens (tertiary/aromatic N) is 3. The van der Waals surface area contributed by atoms with Gasteiger partial charge in [0, 0.05) is 44.6 Å². The number of hydrogen-bond acceptors (Lipinski definition) is 4. The maximum Gasteiger partial charge on any atom is 0.251 e. The molecular formula is C22H28N4O4. The molecule has 8 heteroatoms. The molecule has 3 aliphatic rings. The molecule has 1 aromatic rings. The van der Waals surface area contributed by atoms with E-state index in [0.717, 1.165) is 19.4 Å². The van der Waals surface area contributed by atoms with Crippen LogP contribution in [0.5, 0.6) is 0 Å². The molecule has 0 radical (unpaired) electrons. The minimum absolute atomic E-state index is 0.0422. The molecule has 30 heavy (non-hydrogen) atoms. The molecule has 4 amide bonds. The predicted octanol–water partition coefficient (Wildman–Crippen LogP) is 1.68. The topological polar surface area (TPSA) is 90.0 Å². The quantitative estimate of drug-likeness (QED) is 0.690. The van der Waals surface area contributed by atoms with E-state index >= 15 is 0 Å². The second-order valence-electron chi connectivity index (χ2n) is 8.11. The van der Waals surface area contributed by atoms with Crippen molar-refractivity contribution in [3.8, 4) is 0 Å². The highest BCUT2D eigenvalue weighted by Gasteiger charge is 2.44. The van der Waals surface area contributed by atoms with Gasteiger partial charge in [-0.1, -0.05) is 6.92 Å². The van der Waals surface area contributed by atoms with Crippen LogP contribution in [0.3, 0.4) is 0 Å². The van der Waals surface area contributed by atoms with Gasteiger partial charge in [-0.05, 0) is 43.9 Å². The lowest BCUT2D eigenvalue weighted by atomic mass is 10.0.